The fourth-order valence-corrected chi connectivity index (χ4v) is 1.44. The van der Waals surface area contributed by atoms with Crippen molar-refractivity contribution < 1.29 is 4.74 Å². The van der Waals surface area contributed by atoms with Crippen molar-refractivity contribution in [1.82, 2.24) is 9.97 Å². The zero-order valence-corrected chi connectivity index (χ0v) is 10.4. The first-order valence-corrected chi connectivity index (χ1v) is 5.98. The average molecular weight is 223 g/mol. The third kappa shape index (κ3) is 4.47. The number of aromatic nitrogens is 2. The summed E-state index contributed by atoms with van der Waals surface area (Å²) in [4.78, 5) is 8.51. The van der Waals surface area contributed by atoms with E-state index in [0.29, 0.717) is 12.5 Å². The van der Waals surface area contributed by atoms with Crippen LogP contribution in [0, 0.1) is 6.92 Å². The molecule has 0 fully saturated rings. The maximum absolute atomic E-state index is 5.36. The van der Waals surface area contributed by atoms with E-state index in [4.69, 9.17) is 4.74 Å². The van der Waals surface area contributed by atoms with Gasteiger partial charge in [0.2, 0.25) is 5.88 Å². The fourth-order valence-electron chi connectivity index (χ4n) is 1.44. The second kappa shape index (κ2) is 7.04. The number of unbranched alkanes of at least 4 members (excludes halogenated alkanes) is 2. The summed E-state index contributed by atoms with van der Waals surface area (Å²) >= 11 is 0. The molecule has 1 aromatic rings. The summed E-state index contributed by atoms with van der Waals surface area (Å²) in [6.07, 6.45) is 3.65. The van der Waals surface area contributed by atoms with Gasteiger partial charge in [0.05, 0.1) is 6.61 Å². The number of hydrogen-bond acceptors (Lipinski definition) is 4. The van der Waals surface area contributed by atoms with Crippen LogP contribution in [0.1, 0.15) is 38.9 Å². The van der Waals surface area contributed by atoms with Crippen molar-refractivity contribution in [3.05, 3.63) is 11.9 Å². The van der Waals surface area contributed by atoms with Crippen LogP contribution < -0.4 is 10.1 Å². The van der Waals surface area contributed by atoms with Crippen LogP contribution in [-0.4, -0.2) is 23.1 Å². The number of nitrogens with one attached hydrogen (secondary N) is 1. The Morgan fingerprint density at radius 3 is 2.75 bits per heavy atom. The normalized spacial score (nSPS) is 10.2. The van der Waals surface area contributed by atoms with Gasteiger partial charge in [-0.1, -0.05) is 19.8 Å². The van der Waals surface area contributed by atoms with E-state index >= 15 is 0 Å². The van der Waals surface area contributed by atoms with Crippen LogP contribution in [0.25, 0.3) is 0 Å². The summed E-state index contributed by atoms with van der Waals surface area (Å²) < 4.78 is 5.36. The van der Waals surface area contributed by atoms with E-state index in [9.17, 15) is 0 Å². The van der Waals surface area contributed by atoms with Gasteiger partial charge in [0, 0.05) is 12.6 Å². The number of ether oxygens (including phenoxy) is 1. The van der Waals surface area contributed by atoms with Crippen LogP contribution in [0.15, 0.2) is 6.07 Å². The molecule has 0 saturated heterocycles. The van der Waals surface area contributed by atoms with E-state index in [1.54, 1.807) is 0 Å². The van der Waals surface area contributed by atoms with Crippen LogP contribution in [-0.2, 0) is 0 Å². The highest BCUT2D eigenvalue weighted by Gasteiger charge is 2.01. The van der Waals surface area contributed by atoms with Gasteiger partial charge < -0.3 is 10.1 Å². The first kappa shape index (κ1) is 12.7. The van der Waals surface area contributed by atoms with Crippen molar-refractivity contribution in [3.63, 3.8) is 0 Å². The van der Waals surface area contributed by atoms with E-state index < -0.39 is 0 Å². The Morgan fingerprint density at radius 2 is 2.06 bits per heavy atom. The SMILES string of the molecule is CCCCCNc1cc(OCC)nc(C)n1. The lowest BCUT2D eigenvalue weighted by Gasteiger charge is -2.08. The zero-order valence-electron chi connectivity index (χ0n) is 10.4. The molecule has 0 aliphatic carbocycles. The van der Waals surface area contributed by atoms with E-state index in [0.717, 1.165) is 18.2 Å². The van der Waals surface area contributed by atoms with Gasteiger partial charge in [-0.25, -0.2) is 4.98 Å². The minimum atomic E-state index is 0.631. The fraction of sp³-hybridized carbons (Fsp3) is 0.667. The predicted molar refractivity (Wildman–Crippen MR) is 66.0 cm³/mol. The Labute approximate surface area is 97.5 Å². The van der Waals surface area contributed by atoms with Gasteiger partial charge in [-0.05, 0) is 20.3 Å². The van der Waals surface area contributed by atoms with E-state index in [-0.39, 0.29) is 0 Å². The molecule has 0 saturated carbocycles. The quantitative estimate of drug-likeness (QED) is 0.722. The lowest BCUT2D eigenvalue weighted by atomic mass is 10.2. The Morgan fingerprint density at radius 1 is 1.25 bits per heavy atom. The summed E-state index contributed by atoms with van der Waals surface area (Å²) in [5.74, 6) is 2.24. The second-order valence-corrected chi connectivity index (χ2v) is 3.71. The molecule has 0 unspecified atom stereocenters. The molecule has 0 spiro atoms. The standard InChI is InChI=1S/C12H21N3O/c1-4-6-7-8-13-11-9-12(16-5-2)15-10(3)14-11/h9H,4-8H2,1-3H3,(H,13,14,15). The molecule has 1 rings (SSSR count). The molecule has 0 aromatic carbocycles. The van der Waals surface area contributed by atoms with Gasteiger partial charge in [0.15, 0.2) is 0 Å². The van der Waals surface area contributed by atoms with E-state index in [1.165, 1.54) is 19.3 Å². The number of anilines is 1. The second-order valence-electron chi connectivity index (χ2n) is 3.71. The summed E-state index contributed by atoms with van der Waals surface area (Å²) in [7, 11) is 0. The number of rotatable bonds is 7. The molecule has 1 aromatic heterocycles. The van der Waals surface area contributed by atoms with Crippen LogP contribution in [0.2, 0.25) is 0 Å². The molecule has 0 aliphatic rings. The van der Waals surface area contributed by atoms with Crippen LogP contribution in [0.5, 0.6) is 5.88 Å². The summed E-state index contributed by atoms with van der Waals surface area (Å²) in [5, 5.41) is 3.29. The molecule has 16 heavy (non-hydrogen) atoms. The van der Waals surface area contributed by atoms with Crippen LogP contribution >= 0.6 is 0 Å². The lowest BCUT2D eigenvalue weighted by Crippen LogP contribution is -2.06. The summed E-state index contributed by atoms with van der Waals surface area (Å²) in [5.41, 5.74) is 0. The minimum Gasteiger partial charge on any atom is -0.478 e. The molecule has 0 aliphatic heterocycles. The molecule has 90 valence electrons. The van der Waals surface area contributed by atoms with Crippen molar-refractivity contribution in [1.29, 1.82) is 0 Å². The molecule has 1 N–H and O–H groups in total. The monoisotopic (exact) mass is 223 g/mol. The highest BCUT2D eigenvalue weighted by molar-refractivity contribution is 5.38. The zero-order chi connectivity index (χ0) is 11.8. The van der Waals surface area contributed by atoms with Crippen molar-refractivity contribution in [2.24, 2.45) is 0 Å². The van der Waals surface area contributed by atoms with Gasteiger partial charge in [-0.15, -0.1) is 0 Å². The molecule has 0 atom stereocenters. The number of aryl methyl sites for hydroxylation is 1. The van der Waals surface area contributed by atoms with Crippen molar-refractivity contribution >= 4 is 5.82 Å². The van der Waals surface area contributed by atoms with Crippen molar-refractivity contribution in [2.45, 2.75) is 40.0 Å². The van der Waals surface area contributed by atoms with Crippen LogP contribution in [0.3, 0.4) is 0 Å². The molecule has 1 heterocycles. The largest absolute Gasteiger partial charge is 0.478 e. The maximum Gasteiger partial charge on any atom is 0.218 e. The van der Waals surface area contributed by atoms with E-state index in [1.807, 2.05) is 19.9 Å². The topological polar surface area (TPSA) is 47.0 Å². The molecule has 4 heteroatoms. The smallest absolute Gasteiger partial charge is 0.218 e. The third-order valence-corrected chi connectivity index (χ3v) is 2.19. The summed E-state index contributed by atoms with van der Waals surface area (Å²) in [6, 6.07) is 1.85. The minimum absolute atomic E-state index is 0.631. The molecular formula is C12H21N3O. The molecule has 0 bridgehead atoms. The Kier molecular flexibility index (Phi) is 5.61. The maximum atomic E-state index is 5.36. The molecule has 0 amide bonds. The van der Waals surface area contributed by atoms with Crippen molar-refractivity contribution in [3.8, 4) is 5.88 Å². The van der Waals surface area contributed by atoms with Gasteiger partial charge in [0.1, 0.15) is 11.6 Å². The Balaban J connectivity index is 2.51. The van der Waals surface area contributed by atoms with Crippen molar-refractivity contribution in [2.75, 3.05) is 18.5 Å². The Hall–Kier alpha value is -1.32. The number of hydrogen-bond donors (Lipinski definition) is 1. The lowest BCUT2D eigenvalue weighted by molar-refractivity contribution is 0.325. The highest BCUT2D eigenvalue weighted by Crippen LogP contribution is 2.13. The van der Waals surface area contributed by atoms with E-state index in [2.05, 4.69) is 22.2 Å². The van der Waals surface area contributed by atoms with Gasteiger partial charge >= 0.3 is 0 Å². The first-order valence-electron chi connectivity index (χ1n) is 5.98. The van der Waals surface area contributed by atoms with Gasteiger partial charge in [0.25, 0.3) is 0 Å². The average Bonchev–Trinajstić information content (AvgIpc) is 2.24. The third-order valence-electron chi connectivity index (χ3n) is 2.19. The molecular weight excluding hydrogens is 202 g/mol. The predicted octanol–water partition coefficient (Wildman–Crippen LogP) is 2.79. The molecule has 4 nitrogen and oxygen atoms in total. The van der Waals surface area contributed by atoms with Gasteiger partial charge in [-0.3, -0.25) is 0 Å². The number of nitrogens with zero attached hydrogens (tertiary/aromatic N) is 2. The van der Waals surface area contributed by atoms with Gasteiger partial charge in [-0.2, -0.15) is 4.98 Å². The first-order chi connectivity index (χ1) is 7.76. The summed E-state index contributed by atoms with van der Waals surface area (Å²) in [6.45, 7) is 7.61. The Bertz CT molecular complexity index is 315. The molecule has 0 radical (unpaired) electrons. The van der Waals surface area contributed by atoms with Crippen LogP contribution in [0.4, 0.5) is 5.82 Å². The highest BCUT2D eigenvalue weighted by atomic mass is 16.5.